The first-order chi connectivity index (χ1) is 9.24. The molecule has 0 unspecified atom stereocenters. The Bertz CT molecular complexity index is 632. The van der Waals surface area contributed by atoms with Crippen molar-refractivity contribution >= 4 is 5.78 Å². The molecule has 0 spiro atoms. The molecule has 0 saturated heterocycles. The van der Waals surface area contributed by atoms with Gasteiger partial charge in [-0.25, -0.2) is 0 Å². The maximum atomic E-state index is 12.4. The summed E-state index contributed by atoms with van der Waals surface area (Å²) in [6.45, 7) is 3.05. The van der Waals surface area contributed by atoms with Crippen LogP contribution in [0.5, 0.6) is 11.5 Å². The molecule has 3 heteroatoms. The molecule has 0 aliphatic carbocycles. The zero-order chi connectivity index (χ0) is 13.2. The van der Waals surface area contributed by atoms with Crippen molar-refractivity contribution < 1.29 is 14.3 Å². The van der Waals surface area contributed by atoms with Crippen LogP contribution in [0.1, 0.15) is 21.5 Å². The molecule has 0 aromatic heterocycles. The van der Waals surface area contributed by atoms with Crippen LogP contribution in [0, 0.1) is 6.92 Å². The molecule has 0 fully saturated rings. The zero-order valence-corrected chi connectivity index (χ0v) is 10.7. The summed E-state index contributed by atoms with van der Waals surface area (Å²) < 4.78 is 10.9. The molecule has 0 atom stereocenters. The number of hydrogen-bond donors (Lipinski definition) is 0. The first kappa shape index (κ1) is 11.8. The van der Waals surface area contributed by atoms with Crippen molar-refractivity contribution in [1.82, 2.24) is 0 Å². The molecule has 0 bridgehead atoms. The molecule has 0 amide bonds. The van der Waals surface area contributed by atoms with Gasteiger partial charge in [0.1, 0.15) is 13.2 Å². The summed E-state index contributed by atoms with van der Waals surface area (Å²) in [6.07, 6.45) is 0. The van der Waals surface area contributed by atoms with Gasteiger partial charge in [-0.2, -0.15) is 0 Å². The van der Waals surface area contributed by atoms with Crippen molar-refractivity contribution in [1.29, 1.82) is 0 Å². The topological polar surface area (TPSA) is 35.5 Å². The smallest absolute Gasteiger partial charge is 0.193 e. The maximum Gasteiger partial charge on any atom is 0.193 e. The standard InChI is InChI=1S/C16H14O3/c1-11-3-2-4-12(9-11)16(17)13-5-6-14-15(10-13)19-8-7-18-14/h2-6,9-10H,7-8H2,1H3. The van der Waals surface area contributed by atoms with E-state index in [0.717, 1.165) is 5.56 Å². The van der Waals surface area contributed by atoms with E-state index in [9.17, 15) is 4.79 Å². The zero-order valence-electron chi connectivity index (χ0n) is 10.7. The summed E-state index contributed by atoms with van der Waals surface area (Å²) >= 11 is 0. The molecule has 19 heavy (non-hydrogen) atoms. The van der Waals surface area contributed by atoms with Crippen LogP contribution in [0.2, 0.25) is 0 Å². The maximum absolute atomic E-state index is 12.4. The van der Waals surface area contributed by atoms with Gasteiger partial charge in [0.2, 0.25) is 0 Å². The first-order valence-electron chi connectivity index (χ1n) is 6.25. The van der Waals surface area contributed by atoms with Crippen molar-refractivity contribution in [3.8, 4) is 11.5 Å². The van der Waals surface area contributed by atoms with Crippen LogP contribution in [0.15, 0.2) is 42.5 Å². The Morgan fingerprint density at radius 3 is 2.47 bits per heavy atom. The van der Waals surface area contributed by atoms with Crippen molar-refractivity contribution in [2.75, 3.05) is 13.2 Å². The second-order valence-corrected chi connectivity index (χ2v) is 4.56. The summed E-state index contributed by atoms with van der Waals surface area (Å²) in [7, 11) is 0. The van der Waals surface area contributed by atoms with Gasteiger partial charge in [-0.3, -0.25) is 4.79 Å². The second kappa shape index (κ2) is 4.76. The summed E-state index contributed by atoms with van der Waals surface area (Å²) in [5.74, 6) is 1.34. The largest absolute Gasteiger partial charge is 0.486 e. The number of benzene rings is 2. The fraction of sp³-hybridized carbons (Fsp3) is 0.188. The lowest BCUT2D eigenvalue weighted by Crippen LogP contribution is -2.15. The molecular weight excluding hydrogens is 240 g/mol. The SMILES string of the molecule is Cc1cccc(C(=O)c2ccc3c(c2)OCCO3)c1. The molecule has 3 rings (SSSR count). The molecule has 0 radical (unpaired) electrons. The van der Waals surface area contributed by atoms with E-state index < -0.39 is 0 Å². The fourth-order valence-corrected chi connectivity index (χ4v) is 2.14. The van der Waals surface area contributed by atoms with Crippen LogP contribution < -0.4 is 9.47 Å². The highest BCUT2D eigenvalue weighted by atomic mass is 16.6. The van der Waals surface area contributed by atoms with Gasteiger partial charge in [-0.1, -0.05) is 23.8 Å². The number of carbonyl (C=O) groups is 1. The van der Waals surface area contributed by atoms with Gasteiger partial charge in [0.05, 0.1) is 0 Å². The Labute approximate surface area is 111 Å². The molecular formula is C16H14O3. The quantitative estimate of drug-likeness (QED) is 0.773. The van der Waals surface area contributed by atoms with Gasteiger partial charge < -0.3 is 9.47 Å². The molecule has 1 aliphatic heterocycles. The van der Waals surface area contributed by atoms with E-state index in [4.69, 9.17) is 9.47 Å². The number of hydrogen-bond acceptors (Lipinski definition) is 3. The van der Waals surface area contributed by atoms with E-state index in [0.29, 0.717) is 35.8 Å². The molecule has 0 saturated carbocycles. The normalized spacial score (nSPS) is 13.1. The number of rotatable bonds is 2. The first-order valence-corrected chi connectivity index (χ1v) is 6.25. The van der Waals surface area contributed by atoms with E-state index in [1.54, 1.807) is 18.2 Å². The van der Waals surface area contributed by atoms with E-state index in [2.05, 4.69) is 0 Å². The summed E-state index contributed by atoms with van der Waals surface area (Å²) in [6, 6.07) is 12.9. The van der Waals surface area contributed by atoms with Crippen LogP contribution in [-0.4, -0.2) is 19.0 Å². The lowest BCUT2D eigenvalue weighted by molar-refractivity contribution is 0.103. The van der Waals surface area contributed by atoms with E-state index in [-0.39, 0.29) is 5.78 Å². The number of carbonyl (C=O) groups excluding carboxylic acids is 1. The van der Waals surface area contributed by atoms with E-state index >= 15 is 0 Å². The number of ketones is 1. The third-order valence-corrected chi connectivity index (χ3v) is 3.08. The fourth-order valence-electron chi connectivity index (χ4n) is 2.14. The van der Waals surface area contributed by atoms with Gasteiger partial charge >= 0.3 is 0 Å². The highest BCUT2D eigenvalue weighted by molar-refractivity contribution is 6.09. The minimum Gasteiger partial charge on any atom is -0.486 e. The lowest BCUT2D eigenvalue weighted by atomic mass is 10.0. The van der Waals surface area contributed by atoms with Gasteiger partial charge in [-0.05, 0) is 31.2 Å². The van der Waals surface area contributed by atoms with Crippen LogP contribution in [0.4, 0.5) is 0 Å². The van der Waals surface area contributed by atoms with Crippen molar-refractivity contribution in [3.05, 3.63) is 59.2 Å². The van der Waals surface area contributed by atoms with E-state index in [1.807, 2.05) is 31.2 Å². The third-order valence-electron chi connectivity index (χ3n) is 3.08. The third kappa shape index (κ3) is 2.32. The Morgan fingerprint density at radius 2 is 1.68 bits per heavy atom. The van der Waals surface area contributed by atoms with Gasteiger partial charge in [-0.15, -0.1) is 0 Å². The average Bonchev–Trinajstić information content (AvgIpc) is 2.46. The second-order valence-electron chi connectivity index (χ2n) is 4.56. The van der Waals surface area contributed by atoms with Crippen LogP contribution in [0.25, 0.3) is 0 Å². The number of fused-ring (bicyclic) bond motifs is 1. The number of ether oxygens (including phenoxy) is 2. The lowest BCUT2D eigenvalue weighted by Gasteiger charge is -2.18. The summed E-state index contributed by atoms with van der Waals surface area (Å²) in [5.41, 5.74) is 2.38. The van der Waals surface area contributed by atoms with Crippen LogP contribution >= 0.6 is 0 Å². The molecule has 2 aromatic rings. The van der Waals surface area contributed by atoms with E-state index in [1.165, 1.54) is 0 Å². The highest BCUT2D eigenvalue weighted by Gasteiger charge is 2.15. The molecule has 1 heterocycles. The minimum absolute atomic E-state index is 0.000624. The summed E-state index contributed by atoms with van der Waals surface area (Å²) in [5, 5.41) is 0. The van der Waals surface area contributed by atoms with Crippen molar-refractivity contribution in [2.45, 2.75) is 6.92 Å². The molecule has 96 valence electrons. The minimum atomic E-state index is 0.000624. The number of aryl methyl sites for hydroxylation is 1. The van der Waals surface area contributed by atoms with Gasteiger partial charge in [0, 0.05) is 11.1 Å². The molecule has 1 aliphatic rings. The molecule has 2 aromatic carbocycles. The predicted octanol–water partition coefficient (Wildman–Crippen LogP) is 3.00. The highest BCUT2D eigenvalue weighted by Crippen LogP contribution is 2.31. The predicted molar refractivity (Wildman–Crippen MR) is 72.0 cm³/mol. The Balaban J connectivity index is 1.96. The Kier molecular flexibility index (Phi) is 2.95. The van der Waals surface area contributed by atoms with Gasteiger partial charge in [0.25, 0.3) is 0 Å². The van der Waals surface area contributed by atoms with Crippen LogP contribution in [0.3, 0.4) is 0 Å². The molecule has 0 N–H and O–H groups in total. The molecule has 3 nitrogen and oxygen atoms in total. The average molecular weight is 254 g/mol. The monoisotopic (exact) mass is 254 g/mol. The van der Waals surface area contributed by atoms with Crippen molar-refractivity contribution in [3.63, 3.8) is 0 Å². The summed E-state index contributed by atoms with van der Waals surface area (Å²) in [4.78, 5) is 12.4. The van der Waals surface area contributed by atoms with Crippen molar-refractivity contribution in [2.24, 2.45) is 0 Å². The Hall–Kier alpha value is -2.29. The van der Waals surface area contributed by atoms with Gasteiger partial charge in [0.15, 0.2) is 17.3 Å². The Morgan fingerprint density at radius 1 is 0.947 bits per heavy atom. The van der Waals surface area contributed by atoms with Crippen LogP contribution in [-0.2, 0) is 0 Å².